The number of carbonyl (C=O) groups is 1. The zero-order valence-electron chi connectivity index (χ0n) is 21.7. The third kappa shape index (κ3) is 9.95. The van der Waals surface area contributed by atoms with Gasteiger partial charge in [0.1, 0.15) is 6.07 Å². The highest BCUT2D eigenvalue weighted by Gasteiger charge is 2.35. The minimum absolute atomic E-state index is 0.129. The molecule has 9 nitrogen and oxygen atoms in total. The Bertz CT molecular complexity index is 1060. The summed E-state index contributed by atoms with van der Waals surface area (Å²) in [5.41, 5.74) is 2.23. The molecule has 0 atom stereocenters. The summed E-state index contributed by atoms with van der Waals surface area (Å²) in [4.78, 5) is 22.4. The van der Waals surface area contributed by atoms with Gasteiger partial charge in [0, 0.05) is 52.0 Å². The lowest BCUT2D eigenvalue weighted by atomic mass is 9.96. The highest BCUT2D eigenvalue weighted by atomic mass is 19.4. The zero-order valence-corrected chi connectivity index (χ0v) is 21.7. The molecule has 1 amide bonds. The fourth-order valence-corrected chi connectivity index (χ4v) is 3.34. The third-order valence-corrected chi connectivity index (χ3v) is 5.09. The van der Waals surface area contributed by atoms with Crippen molar-refractivity contribution in [1.29, 1.82) is 5.26 Å². The van der Waals surface area contributed by atoms with E-state index in [0.29, 0.717) is 44.5 Å². The second kappa shape index (κ2) is 13.3. The number of benzene rings is 1. The fourth-order valence-electron chi connectivity index (χ4n) is 3.34. The van der Waals surface area contributed by atoms with Crippen molar-refractivity contribution >= 4 is 11.7 Å². The topological polar surface area (TPSA) is 104 Å². The molecule has 2 aromatic rings. The average Bonchev–Trinajstić information content (AvgIpc) is 2.83. The van der Waals surface area contributed by atoms with Crippen molar-refractivity contribution in [3.63, 3.8) is 0 Å². The van der Waals surface area contributed by atoms with Crippen LogP contribution in [0.5, 0.6) is 0 Å². The maximum Gasteiger partial charge on any atom is 0.433 e. The van der Waals surface area contributed by atoms with Gasteiger partial charge in [-0.1, -0.05) is 32.9 Å². The number of aromatic nitrogens is 2. The number of carbonyl (C=O) groups excluding carboxylic acids is 1. The lowest BCUT2D eigenvalue weighted by molar-refractivity contribution is -0.141. The molecule has 0 aliphatic heterocycles. The number of halogens is 3. The minimum Gasteiger partial charge on any atom is -0.383 e. The van der Waals surface area contributed by atoms with Crippen molar-refractivity contribution in [1.82, 2.24) is 20.3 Å². The van der Waals surface area contributed by atoms with Crippen LogP contribution in [0.15, 0.2) is 30.3 Å². The van der Waals surface area contributed by atoms with Crippen LogP contribution in [0.4, 0.5) is 19.0 Å². The first-order chi connectivity index (χ1) is 17.4. The Hall–Kier alpha value is -3.27. The molecule has 37 heavy (non-hydrogen) atoms. The minimum atomic E-state index is -4.78. The number of amides is 1. The van der Waals surface area contributed by atoms with E-state index < -0.39 is 29.0 Å². The van der Waals surface area contributed by atoms with Crippen LogP contribution < -0.4 is 10.4 Å². The molecule has 1 N–H and O–H groups in total. The molecule has 202 valence electrons. The number of anilines is 1. The summed E-state index contributed by atoms with van der Waals surface area (Å²) in [6.07, 6.45) is -4.78. The number of alkyl halides is 3. The predicted molar refractivity (Wildman–Crippen MR) is 131 cm³/mol. The number of ether oxygens (including phenoxy) is 2. The van der Waals surface area contributed by atoms with E-state index in [0.717, 1.165) is 5.56 Å². The van der Waals surface area contributed by atoms with E-state index in [2.05, 4.69) is 20.3 Å². The van der Waals surface area contributed by atoms with Crippen molar-refractivity contribution < 1.29 is 27.4 Å². The van der Waals surface area contributed by atoms with Gasteiger partial charge in [-0.15, -0.1) is 0 Å². The van der Waals surface area contributed by atoms with Gasteiger partial charge in [0.2, 0.25) is 5.82 Å². The quantitative estimate of drug-likeness (QED) is 0.422. The SMILES string of the molecule is COCCN(CCOC)Cc1ccc(C(=O)NN(CC(C)(C)C)c2cc(C(F)(F)F)nc(C#N)n2)cc1. The van der Waals surface area contributed by atoms with Crippen molar-refractivity contribution in [3.8, 4) is 6.07 Å². The molecule has 12 heteroatoms. The lowest BCUT2D eigenvalue weighted by Gasteiger charge is -2.31. The molecule has 0 unspecified atom stereocenters. The summed E-state index contributed by atoms with van der Waals surface area (Å²) in [6.45, 7) is 8.90. The smallest absolute Gasteiger partial charge is 0.383 e. The number of nitrogens with one attached hydrogen (secondary N) is 1. The van der Waals surface area contributed by atoms with Crippen LogP contribution in [0.1, 0.15) is 48.2 Å². The standard InChI is InChI=1S/C25H33F3N6O3/c1-24(2,3)17-34(22-14-20(25(26,27)28)30-21(15-29)31-22)32-23(35)19-8-6-18(7-9-19)16-33(10-12-36-4)11-13-37-5/h6-9,14H,10-13,16-17H2,1-5H3,(H,32,35). The second-order valence-corrected chi connectivity index (χ2v) is 9.59. The van der Waals surface area contributed by atoms with Crippen molar-refractivity contribution in [2.45, 2.75) is 33.5 Å². The fraction of sp³-hybridized carbons (Fsp3) is 0.520. The Kier molecular flexibility index (Phi) is 10.8. The monoisotopic (exact) mass is 522 g/mol. The van der Waals surface area contributed by atoms with Crippen LogP contribution in [0.25, 0.3) is 0 Å². The van der Waals surface area contributed by atoms with E-state index in [1.165, 1.54) is 5.01 Å². The predicted octanol–water partition coefficient (Wildman–Crippen LogP) is 3.66. The first-order valence-corrected chi connectivity index (χ1v) is 11.6. The number of nitriles is 1. The van der Waals surface area contributed by atoms with Gasteiger partial charge >= 0.3 is 6.18 Å². The van der Waals surface area contributed by atoms with Crippen molar-refractivity contribution in [2.24, 2.45) is 5.41 Å². The first-order valence-electron chi connectivity index (χ1n) is 11.6. The molecule has 0 aliphatic carbocycles. The Morgan fingerprint density at radius 2 is 1.65 bits per heavy atom. The van der Waals surface area contributed by atoms with Crippen molar-refractivity contribution in [3.05, 3.63) is 53.0 Å². The maximum atomic E-state index is 13.4. The molecular weight excluding hydrogens is 489 g/mol. The molecule has 1 heterocycles. The highest BCUT2D eigenvalue weighted by Crippen LogP contribution is 2.30. The third-order valence-electron chi connectivity index (χ3n) is 5.09. The van der Waals surface area contributed by atoms with Crippen LogP contribution in [0.2, 0.25) is 0 Å². The Labute approximate surface area is 215 Å². The van der Waals surface area contributed by atoms with Gasteiger partial charge in [-0.3, -0.25) is 20.1 Å². The van der Waals surface area contributed by atoms with Gasteiger partial charge < -0.3 is 9.47 Å². The molecular formula is C25H33F3N6O3. The first kappa shape index (κ1) is 30.0. The summed E-state index contributed by atoms with van der Waals surface area (Å²) in [5.74, 6) is -1.41. The Balaban J connectivity index is 2.25. The summed E-state index contributed by atoms with van der Waals surface area (Å²) in [6, 6.07) is 9.18. The van der Waals surface area contributed by atoms with Crippen LogP contribution in [0.3, 0.4) is 0 Å². The molecule has 0 spiro atoms. The van der Waals surface area contributed by atoms with Gasteiger partial charge in [0.25, 0.3) is 5.91 Å². The molecule has 0 bridgehead atoms. The van der Waals surface area contributed by atoms with Gasteiger partial charge in [0.05, 0.1) is 13.2 Å². The van der Waals surface area contributed by atoms with Crippen LogP contribution in [-0.4, -0.2) is 67.8 Å². The second-order valence-electron chi connectivity index (χ2n) is 9.59. The Morgan fingerprint density at radius 3 is 2.14 bits per heavy atom. The average molecular weight is 523 g/mol. The molecule has 0 saturated heterocycles. The van der Waals surface area contributed by atoms with E-state index in [4.69, 9.17) is 14.7 Å². The number of hydrazine groups is 1. The van der Waals surface area contributed by atoms with Crippen LogP contribution in [-0.2, 0) is 22.2 Å². The summed E-state index contributed by atoms with van der Waals surface area (Å²) in [5, 5.41) is 10.4. The van der Waals surface area contributed by atoms with E-state index >= 15 is 0 Å². The molecule has 0 aliphatic rings. The molecule has 1 aromatic heterocycles. The van der Waals surface area contributed by atoms with Gasteiger partial charge in [0.15, 0.2) is 11.5 Å². The van der Waals surface area contributed by atoms with E-state index in [1.807, 2.05) is 32.9 Å². The van der Waals surface area contributed by atoms with Crippen LogP contribution >= 0.6 is 0 Å². The maximum absolute atomic E-state index is 13.4. The van der Waals surface area contributed by atoms with E-state index in [1.54, 1.807) is 32.4 Å². The van der Waals surface area contributed by atoms with Gasteiger partial charge in [-0.05, 0) is 23.1 Å². The van der Waals surface area contributed by atoms with Gasteiger partial charge in [-0.2, -0.15) is 23.4 Å². The summed E-state index contributed by atoms with van der Waals surface area (Å²) < 4.78 is 50.4. The van der Waals surface area contributed by atoms with Gasteiger partial charge in [-0.25, -0.2) is 4.98 Å². The number of hydrogen-bond acceptors (Lipinski definition) is 8. The number of methoxy groups -OCH3 is 2. The van der Waals surface area contributed by atoms with E-state index in [-0.39, 0.29) is 12.4 Å². The molecule has 1 aromatic carbocycles. The highest BCUT2D eigenvalue weighted by molar-refractivity contribution is 5.95. The normalized spacial score (nSPS) is 11.9. The number of rotatable bonds is 12. The number of nitrogens with zero attached hydrogens (tertiary/aromatic N) is 5. The largest absolute Gasteiger partial charge is 0.433 e. The zero-order chi connectivity index (χ0) is 27.6. The van der Waals surface area contributed by atoms with E-state index in [9.17, 15) is 18.0 Å². The molecule has 0 saturated carbocycles. The summed E-state index contributed by atoms with van der Waals surface area (Å²) >= 11 is 0. The summed E-state index contributed by atoms with van der Waals surface area (Å²) in [7, 11) is 3.27. The number of hydrogen-bond donors (Lipinski definition) is 1. The lowest BCUT2D eigenvalue weighted by Crippen LogP contribution is -2.47. The molecule has 2 rings (SSSR count). The van der Waals surface area contributed by atoms with Crippen molar-refractivity contribution in [2.75, 3.05) is 52.1 Å². The molecule has 0 radical (unpaired) electrons. The Morgan fingerprint density at radius 1 is 1.05 bits per heavy atom. The molecule has 0 fully saturated rings. The van der Waals surface area contributed by atoms with Crippen LogP contribution in [0, 0.1) is 16.7 Å².